The molecule has 0 bridgehead atoms. The molecule has 17 heteroatoms. The molecule has 236 valence electrons. The van der Waals surface area contributed by atoms with Crippen molar-refractivity contribution in [2.24, 2.45) is 10.9 Å². The van der Waals surface area contributed by atoms with E-state index in [4.69, 9.17) is 45.2 Å². The van der Waals surface area contributed by atoms with Crippen molar-refractivity contribution >= 4 is 56.8 Å². The number of hydrogen-bond donors (Lipinski definition) is 6. The lowest BCUT2D eigenvalue weighted by atomic mass is 9.97. The minimum Gasteiger partial charge on any atom is -0.384 e. The molecular formula is C26H39Cl2N11O3S. The molecule has 0 saturated carbocycles. The van der Waals surface area contributed by atoms with Crippen molar-refractivity contribution in [3.8, 4) is 0 Å². The van der Waals surface area contributed by atoms with Crippen molar-refractivity contribution in [1.29, 1.82) is 5.41 Å². The van der Waals surface area contributed by atoms with E-state index in [1.165, 1.54) is 0 Å². The number of carbonyl (C=O) groups excluding carboxylic acids is 1. The van der Waals surface area contributed by atoms with Gasteiger partial charge in [0.15, 0.2) is 22.5 Å². The Balaban J connectivity index is 1.33. The minimum atomic E-state index is -3.86. The first kappa shape index (κ1) is 33.1. The number of amides is 1. The van der Waals surface area contributed by atoms with Crippen molar-refractivity contribution in [2.45, 2.75) is 44.8 Å². The van der Waals surface area contributed by atoms with Gasteiger partial charge < -0.3 is 21.7 Å². The van der Waals surface area contributed by atoms with E-state index in [9.17, 15) is 13.2 Å². The van der Waals surface area contributed by atoms with Gasteiger partial charge >= 0.3 is 0 Å². The summed E-state index contributed by atoms with van der Waals surface area (Å²) < 4.78 is 24.0. The summed E-state index contributed by atoms with van der Waals surface area (Å²) in [6, 6.07) is 6.27. The summed E-state index contributed by atoms with van der Waals surface area (Å²) in [5.74, 6) is -0.224. The Morgan fingerprint density at radius 1 is 1.14 bits per heavy atom. The number of nitrogens with two attached hydrogens (primary N) is 3. The molecule has 1 amide bonds. The molecular weight excluding hydrogens is 617 g/mol. The van der Waals surface area contributed by atoms with Gasteiger partial charge in [-0.2, -0.15) is 8.42 Å². The third-order valence-corrected chi connectivity index (χ3v) is 8.97. The van der Waals surface area contributed by atoms with Gasteiger partial charge in [0.1, 0.15) is 5.84 Å². The Hall–Kier alpha value is -2.79. The molecule has 2 aliphatic heterocycles. The number of aromatic nitrogens is 2. The lowest BCUT2D eigenvalue weighted by Gasteiger charge is -2.47. The maximum atomic E-state index is 12.5. The molecule has 0 radical (unpaired) electrons. The van der Waals surface area contributed by atoms with Crippen molar-refractivity contribution < 1.29 is 13.2 Å². The lowest BCUT2D eigenvalue weighted by Crippen LogP contribution is -2.58. The molecule has 9 N–H and O–H groups in total. The zero-order chi connectivity index (χ0) is 31.3. The van der Waals surface area contributed by atoms with E-state index in [0.29, 0.717) is 35.5 Å². The average Bonchev–Trinajstić information content (AvgIpc) is 2.96. The molecule has 3 heterocycles. The van der Waals surface area contributed by atoms with Gasteiger partial charge in [-0.05, 0) is 50.0 Å². The van der Waals surface area contributed by atoms with Gasteiger partial charge in [0.25, 0.3) is 16.1 Å². The fourth-order valence-corrected chi connectivity index (χ4v) is 6.54. The number of likely N-dealkylation sites (tertiary alicyclic amines) is 1. The fourth-order valence-electron chi connectivity index (χ4n) is 5.73. The minimum absolute atomic E-state index is 0.0185. The Labute approximate surface area is 262 Å². The summed E-state index contributed by atoms with van der Waals surface area (Å²) >= 11 is 12.6. The maximum absolute atomic E-state index is 12.5. The van der Waals surface area contributed by atoms with Crippen molar-refractivity contribution in [3.05, 3.63) is 45.2 Å². The van der Waals surface area contributed by atoms with Crippen LogP contribution in [0.3, 0.4) is 0 Å². The molecule has 1 aromatic heterocycles. The van der Waals surface area contributed by atoms with E-state index in [1.807, 2.05) is 12.1 Å². The van der Waals surface area contributed by atoms with Gasteiger partial charge in [-0.25, -0.2) is 19.8 Å². The Bertz CT molecular complexity index is 1440. The first-order valence-electron chi connectivity index (χ1n) is 14.1. The standard InChI is InChI=1S/C26H39Cl2N11O3S/c1-2-18-15-38(25-22(28)35-21(24(31)36-25)26(40)33-7-8-34-43(32,41)42)11-12-39(18)19-5-9-37(10-6-19)14-16-3-4-17(27)13-20(16)23(29)30/h3-4,13,18-19,34H,2,5-12,14-15H2,1H3,(H3,29,30)(H2,31,36)(H,33,40)(H2,32,41,42)/t18-/m0/s1. The highest BCUT2D eigenvalue weighted by Gasteiger charge is 2.34. The van der Waals surface area contributed by atoms with Crippen LogP contribution in [0.4, 0.5) is 11.6 Å². The number of carbonyl (C=O) groups is 1. The number of hydrogen-bond acceptors (Lipinski definition) is 10. The van der Waals surface area contributed by atoms with Crippen LogP contribution in [0.5, 0.6) is 0 Å². The SMILES string of the molecule is CC[C@H]1CN(c2nc(N)c(C(=O)NCCNS(N)(=O)=O)nc2Cl)CCN1C1CCN(Cc2ccc(Cl)cc2C(=N)N)CC1. The Morgan fingerprint density at radius 2 is 1.86 bits per heavy atom. The highest BCUT2D eigenvalue weighted by Crippen LogP contribution is 2.30. The summed E-state index contributed by atoms with van der Waals surface area (Å²) in [6.07, 6.45) is 3.00. The van der Waals surface area contributed by atoms with Crippen molar-refractivity contribution in [2.75, 3.05) is 56.4 Å². The van der Waals surface area contributed by atoms with Crippen LogP contribution in [0.2, 0.25) is 10.2 Å². The molecule has 2 aromatic rings. The highest BCUT2D eigenvalue weighted by atomic mass is 35.5. The number of amidine groups is 1. The second-order valence-corrected chi connectivity index (χ2v) is 12.9. The number of nitrogens with zero attached hydrogens (tertiary/aromatic N) is 5. The van der Waals surface area contributed by atoms with Crippen molar-refractivity contribution in [1.82, 2.24) is 29.8 Å². The van der Waals surface area contributed by atoms with E-state index < -0.39 is 16.1 Å². The zero-order valence-electron chi connectivity index (χ0n) is 24.0. The number of rotatable bonds is 11. The largest absolute Gasteiger partial charge is 0.384 e. The van der Waals surface area contributed by atoms with Crippen LogP contribution in [0.1, 0.15) is 47.8 Å². The van der Waals surface area contributed by atoms with Gasteiger partial charge in [0.05, 0.1) is 0 Å². The maximum Gasteiger partial charge on any atom is 0.274 e. The van der Waals surface area contributed by atoms with E-state index in [-0.39, 0.29) is 41.6 Å². The van der Waals surface area contributed by atoms with Crippen LogP contribution in [0.25, 0.3) is 0 Å². The monoisotopic (exact) mass is 655 g/mol. The predicted octanol–water partition coefficient (Wildman–Crippen LogP) is 0.738. The summed E-state index contributed by atoms with van der Waals surface area (Å²) in [5, 5.41) is 15.9. The first-order valence-corrected chi connectivity index (χ1v) is 16.4. The molecule has 1 aromatic carbocycles. The van der Waals surface area contributed by atoms with E-state index >= 15 is 0 Å². The quantitative estimate of drug-likeness (QED) is 0.113. The normalized spacial score (nSPS) is 19.0. The second kappa shape index (κ2) is 14.3. The van der Waals surface area contributed by atoms with Gasteiger partial charge in [-0.1, -0.05) is 36.2 Å². The van der Waals surface area contributed by atoms with Crippen LogP contribution in [0, 0.1) is 5.41 Å². The van der Waals surface area contributed by atoms with Crippen LogP contribution >= 0.6 is 23.2 Å². The number of nitrogens with one attached hydrogen (secondary N) is 3. The topological polar surface area (TPSA) is 213 Å². The molecule has 4 rings (SSSR count). The Kier molecular flexibility index (Phi) is 11.0. The van der Waals surface area contributed by atoms with Gasteiger partial charge in [-0.3, -0.25) is 20.0 Å². The molecule has 0 aliphatic carbocycles. The number of anilines is 2. The van der Waals surface area contributed by atoms with Crippen LogP contribution < -0.4 is 31.5 Å². The second-order valence-electron chi connectivity index (χ2n) is 10.7. The summed E-state index contributed by atoms with van der Waals surface area (Å²) in [6.45, 7) is 6.87. The molecule has 0 unspecified atom stereocenters. The number of piperidine rings is 1. The smallest absolute Gasteiger partial charge is 0.274 e. The zero-order valence-corrected chi connectivity index (χ0v) is 26.4. The third kappa shape index (κ3) is 8.65. The van der Waals surface area contributed by atoms with E-state index in [0.717, 1.165) is 51.0 Å². The molecule has 14 nitrogen and oxygen atoms in total. The van der Waals surface area contributed by atoms with Gasteiger partial charge in [0, 0.05) is 61.9 Å². The molecule has 0 spiro atoms. The van der Waals surface area contributed by atoms with Crippen LogP contribution in [-0.2, 0) is 16.8 Å². The number of benzene rings is 1. The number of piperazine rings is 1. The number of halogens is 2. The molecule has 1 atom stereocenters. The molecule has 2 aliphatic rings. The van der Waals surface area contributed by atoms with Crippen LogP contribution in [0.15, 0.2) is 18.2 Å². The summed E-state index contributed by atoms with van der Waals surface area (Å²) in [5.41, 5.74) is 13.5. The van der Waals surface area contributed by atoms with Gasteiger partial charge in [-0.15, -0.1) is 0 Å². The molecule has 43 heavy (non-hydrogen) atoms. The Morgan fingerprint density at radius 3 is 2.51 bits per heavy atom. The average molecular weight is 657 g/mol. The van der Waals surface area contributed by atoms with E-state index in [1.54, 1.807) is 6.07 Å². The van der Waals surface area contributed by atoms with Gasteiger partial charge in [0.2, 0.25) is 0 Å². The summed E-state index contributed by atoms with van der Waals surface area (Å²) in [7, 11) is -3.86. The molecule has 2 saturated heterocycles. The molecule has 2 fully saturated rings. The first-order chi connectivity index (χ1) is 20.4. The highest BCUT2D eigenvalue weighted by molar-refractivity contribution is 7.87. The van der Waals surface area contributed by atoms with Crippen molar-refractivity contribution in [3.63, 3.8) is 0 Å². The summed E-state index contributed by atoms with van der Waals surface area (Å²) in [4.78, 5) is 28.2. The lowest BCUT2D eigenvalue weighted by molar-refractivity contribution is 0.0610. The van der Waals surface area contributed by atoms with Crippen LogP contribution in [-0.4, -0.2) is 97.8 Å². The van der Waals surface area contributed by atoms with E-state index in [2.05, 4.69) is 41.6 Å². The third-order valence-electron chi connectivity index (χ3n) is 7.87. The predicted molar refractivity (Wildman–Crippen MR) is 169 cm³/mol. The number of nitrogen functional groups attached to an aromatic ring is 2. The fraction of sp³-hybridized carbons (Fsp3) is 0.538.